The number of aryl methyl sites for hydroxylation is 1. The lowest BCUT2D eigenvalue weighted by molar-refractivity contribution is -0.137. The smallest absolute Gasteiger partial charge is 0.303 e. The van der Waals surface area contributed by atoms with Crippen LogP contribution in [0.25, 0.3) is 0 Å². The molecule has 122 valence electrons. The summed E-state index contributed by atoms with van der Waals surface area (Å²) >= 11 is 0. The van der Waals surface area contributed by atoms with E-state index >= 15 is 0 Å². The second-order valence-electron chi connectivity index (χ2n) is 5.17. The number of aliphatic carboxylic acids is 1. The quantitative estimate of drug-likeness (QED) is 0.750. The fourth-order valence-corrected chi connectivity index (χ4v) is 2.31. The Kier molecular flexibility index (Phi) is 6.42. The zero-order valence-corrected chi connectivity index (χ0v) is 12.6. The van der Waals surface area contributed by atoms with Crippen molar-refractivity contribution in [1.29, 1.82) is 0 Å². The van der Waals surface area contributed by atoms with E-state index < -0.39 is 5.97 Å². The second kappa shape index (κ2) is 8.55. The fourth-order valence-electron chi connectivity index (χ4n) is 2.31. The van der Waals surface area contributed by atoms with Gasteiger partial charge in [0.05, 0.1) is 13.2 Å². The maximum absolute atomic E-state index is 12.2. The first kappa shape index (κ1) is 16.5. The van der Waals surface area contributed by atoms with Gasteiger partial charge < -0.3 is 19.1 Å². The summed E-state index contributed by atoms with van der Waals surface area (Å²) in [6, 6.07) is 3.39. The molecule has 0 spiro atoms. The van der Waals surface area contributed by atoms with Crippen LogP contribution in [-0.2, 0) is 16.1 Å². The van der Waals surface area contributed by atoms with E-state index in [2.05, 4.69) is 4.90 Å². The second-order valence-corrected chi connectivity index (χ2v) is 5.17. The molecule has 1 aliphatic rings. The Labute approximate surface area is 129 Å². The van der Waals surface area contributed by atoms with Gasteiger partial charge in [-0.1, -0.05) is 0 Å². The van der Waals surface area contributed by atoms with Crippen molar-refractivity contribution in [3.05, 3.63) is 28.7 Å². The van der Waals surface area contributed by atoms with Crippen LogP contribution < -0.4 is 10.3 Å². The lowest BCUT2D eigenvalue weighted by Gasteiger charge is -2.26. The van der Waals surface area contributed by atoms with E-state index in [9.17, 15) is 9.59 Å². The highest BCUT2D eigenvalue weighted by Gasteiger charge is 2.11. The molecule has 0 saturated carbocycles. The number of carboxylic acids is 1. The molecule has 1 aromatic heterocycles. The number of carboxylic acid groups (broad SMARTS) is 1. The number of nitrogens with zero attached hydrogens (tertiary/aromatic N) is 2. The van der Waals surface area contributed by atoms with E-state index in [1.165, 1.54) is 4.57 Å². The lowest BCUT2D eigenvalue weighted by atomic mass is 10.3. The summed E-state index contributed by atoms with van der Waals surface area (Å²) in [6.45, 7) is 4.84. The van der Waals surface area contributed by atoms with E-state index in [0.29, 0.717) is 25.3 Å². The van der Waals surface area contributed by atoms with Crippen molar-refractivity contribution in [3.63, 3.8) is 0 Å². The molecule has 0 atom stereocenters. The van der Waals surface area contributed by atoms with E-state index in [1.807, 2.05) is 0 Å². The molecule has 0 radical (unpaired) electrons. The van der Waals surface area contributed by atoms with Gasteiger partial charge in [-0.25, -0.2) is 0 Å². The summed E-state index contributed by atoms with van der Waals surface area (Å²) in [5.74, 6) is -0.544. The molecule has 2 heterocycles. The molecule has 1 fully saturated rings. The molecular formula is C15H22N2O5. The van der Waals surface area contributed by atoms with E-state index in [-0.39, 0.29) is 12.0 Å². The van der Waals surface area contributed by atoms with Gasteiger partial charge in [0.15, 0.2) is 5.75 Å². The molecular weight excluding hydrogens is 288 g/mol. The van der Waals surface area contributed by atoms with Crippen molar-refractivity contribution in [2.24, 2.45) is 0 Å². The Hall–Kier alpha value is -1.86. The average molecular weight is 310 g/mol. The van der Waals surface area contributed by atoms with Gasteiger partial charge in [0.2, 0.25) is 0 Å². The molecule has 1 N–H and O–H groups in total. The summed E-state index contributed by atoms with van der Waals surface area (Å²) in [7, 11) is 0. The van der Waals surface area contributed by atoms with Crippen LogP contribution in [0.2, 0.25) is 0 Å². The van der Waals surface area contributed by atoms with E-state index in [4.69, 9.17) is 14.6 Å². The predicted molar refractivity (Wildman–Crippen MR) is 80.3 cm³/mol. The Morgan fingerprint density at radius 3 is 2.82 bits per heavy atom. The normalized spacial score (nSPS) is 15.6. The summed E-state index contributed by atoms with van der Waals surface area (Å²) < 4.78 is 12.3. The minimum Gasteiger partial charge on any atom is -0.487 e. The molecule has 22 heavy (non-hydrogen) atoms. The van der Waals surface area contributed by atoms with Crippen molar-refractivity contribution in [2.45, 2.75) is 19.4 Å². The number of hydrogen-bond donors (Lipinski definition) is 1. The van der Waals surface area contributed by atoms with Crippen LogP contribution in [0, 0.1) is 0 Å². The van der Waals surface area contributed by atoms with Gasteiger partial charge in [0.1, 0.15) is 6.61 Å². The van der Waals surface area contributed by atoms with Crippen LogP contribution in [0.5, 0.6) is 5.75 Å². The molecule has 1 aliphatic heterocycles. The van der Waals surface area contributed by atoms with Crippen molar-refractivity contribution in [1.82, 2.24) is 9.47 Å². The molecule has 1 aromatic rings. The molecule has 0 aromatic carbocycles. The first-order valence-corrected chi connectivity index (χ1v) is 7.51. The van der Waals surface area contributed by atoms with Crippen LogP contribution in [-0.4, -0.2) is 60.0 Å². The van der Waals surface area contributed by atoms with Gasteiger partial charge in [-0.2, -0.15) is 0 Å². The summed E-state index contributed by atoms with van der Waals surface area (Å²) in [4.78, 5) is 24.9. The lowest BCUT2D eigenvalue weighted by Crippen LogP contribution is -2.39. The zero-order valence-electron chi connectivity index (χ0n) is 12.6. The number of aromatic nitrogens is 1. The maximum Gasteiger partial charge on any atom is 0.303 e. The van der Waals surface area contributed by atoms with Crippen molar-refractivity contribution in [3.8, 4) is 5.75 Å². The molecule has 0 bridgehead atoms. The minimum absolute atomic E-state index is 0.0502. The maximum atomic E-state index is 12.2. The topological polar surface area (TPSA) is 81.0 Å². The standard InChI is InChI=1S/C15H22N2O5/c18-14(19)4-2-6-17-5-1-3-13(15(17)20)22-12-9-16-7-10-21-11-8-16/h1,3,5H,2,4,6-12H2,(H,18,19). The third-order valence-electron chi connectivity index (χ3n) is 3.54. The van der Waals surface area contributed by atoms with Gasteiger partial charge in [0, 0.05) is 38.8 Å². The predicted octanol–water partition coefficient (Wildman–Crippen LogP) is 0.424. The van der Waals surface area contributed by atoms with Crippen molar-refractivity contribution >= 4 is 5.97 Å². The molecule has 7 heteroatoms. The van der Waals surface area contributed by atoms with Crippen LogP contribution in [0.4, 0.5) is 0 Å². The summed E-state index contributed by atoms with van der Waals surface area (Å²) in [6.07, 6.45) is 2.13. The largest absolute Gasteiger partial charge is 0.487 e. The van der Waals surface area contributed by atoms with E-state index in [1.54, 1.807) is 18.3 Å². The molecule has 0 amide bonds. The number of hydrogen-bond acceptors (Lipinski definition) is 5. The Morgan fingerprint density at radius 2 is 2.09 bits per heavy atom. The van der Waals surface area contributed by atoms with Crippen molar-refractivity contribution < 1.29 is 19.4 Å². The van der Waals surface area contributed by atoms with E-state index in [0.717, 1.165) is 32.8 Å². The van der Waals surface area contributed by atoms with Gasteiger partial charge in [-0.05, 0) is 18.6 Å². The summed E-state index contributed by atoms with van der Waals surface area (Å²) in [5.41, 5.74) is -0.213. The monoisotopic (exact) mass is 310 g/mol. The molecule has 2 rings (SSSR count). The first-order chi connectivity index (χ1) is 10.7. The van der Waals surface area contributed by atoms with Crippen LogP contribution in [0.15, 0.2) is 23.1 Å². The first-order valence-electron chi connectivity index (χ1n) is 7.51. The number of rotatable bonds is 8. The Balaban J connectivity index is 1.82. The summed E-state index contributed by atoms with van der Waals surface area (Å²) in [5, 5.41) is 8.63. The highest BCUT2D eigenvalue weighted by atomic mass is 16.5. The minimum atomic E-state index is -0.856. The number of pyridine rings is 1. The zero-order chi connectivity index (χ0) is 15.8. The third kappa shape index (κ3) is 5.16. The SMILES string of the molecule is O=C(O)CCCn1cccc(OCCN2CCOCC2)c1=O. The fraction of sp³-hybridized carbons (Fsp3) is 0.600. The molecule has 0 aliphatic carbocycles. The highest BCUT2D eigenvalue weighted by Crippen LogP contribution is 2.04. The molecule has 1 saturated heterocycles. The van der Waals surface area contributed by atoms with Gasteiger partial charge in [-0.3, -0.25) is 14.5 Å². The van der Waals surface area contributed by atoms with Crippen LogP contribution in [0.1, 0.15) is 12.8 Å². The Bertz CT molecular complexity index is 537. The van der Waals surface area contributed by atoms with Gasteiger partial charge in [0.25, 0.3) is 5.56 Å². The van der Waals surface area contributed by atoms with Gasteiger partial charge >= 0.3 is 5.97 Å². The third-order valence-corrected chi connectivity index (χ3v) is 3.54. The van der Waals surface area contributed by atoms with Crippen molar-refractivity contribution in [2.75, 3.05) is 39.5 Å². The molecule has 7 nitrogen and oxygen atoms in total. The van der Waals surface area contributed by atoms with Crippen LogP contribution in [0.3, 0.4) is 0 Å². The number of morpholine rings is 1. The number of ether oxygens (including phenoxy) is 2. The molecule has 0 unspecified atom stereocenters. The average Bonchev–Trinajstić information content (AvgIpc) is 2.51. The van der Waals surface area contributed by atoms with Gasteiger partial charge in [-0.15, -0.1) is 0 Å². The highest BCUT2D eigenvalue weighted by molar-refractivity contribution is 5.66. The Morgan fingerprint density at radius 1 is 1.32 bits per heavy atom. The van der Waals surface area contributed by atoms with Crippen LogP contribution >= 0.6 is 0 Å². The number of carbonyl (C=O) groups is 1.